The summed E-state index contributed by atoms with van der Waals surface area (Å²) in [5.74, 6) is 0.762. The highest BCUT2D eigenvalue weighted by molar-refractivity contribution is 7.80. The molecule has 0 aliphatic heterocycles. The average Bonchev–Trinajstić information content (AvgIpc) is 2.63. The molecule has 0 saturated heterocycles. The third-order valence-electron chi connectivity index (χ3n) is 3.50. The zero-order valence-corrected chi connectivity index (χ0v) is 14.3. The van der Waals surface area contributed by atoms with Crippen LogP contribution in [0.4, 0.5) is 5.69 Å². The fraction of sp³-hybridized carbons (Fsp3) is 0.0556. The zero-order valence-electron chi connectivity index (χ0n) is 13.4. The minimum atomic E-state index is -0.210. The van der Waals surface area contributed by atoms with Crippen LogP contribution in [0, 0.1) is 0 Å². The number of aromatic nitrogens is 1. The van der Waals surface area contributed by atoms with Crippen molar-refractivity contribution in [3.05, 3.63) is 70.5 Å². The quantitative estimate of drug-likeness (QED) is 0.382. The van der Waals surface area contributed by atoms with Crippen LogP contribution in [0.5, 0.6) is 5.75 Å². The molecule has 0 aliphatic rings. The molecule has 0 spiro atoms. The number of rotatable bonds is 4. The number of thiocarbonyl (C=S) groups is 1. The predicted octanol–water partition coefficient (Wildman–Crippen LogP) is 2.86. The fourth-order valence-electron chi connectivity index (χ4n) is 2.25. The first-order chi connectivity index (χ1) is 12.2. The summed E-state index contributed by atoms with van der Waals surface area (Å²) < 4.78 is 5.10. The Kier molecular flexibility index (Phi) is 5.06. The number of hydrogen-bond donors (Lipinski definition) is 3. The zero-order chi connectivity index (χ0) is 17.6. The van der Waals surface area contributed by atoms with E-state index < -0.39 is 0 Å². The lowest BCUT2D eigenvalue weighted by molar-refractivity contribution is 0.415. The number of pyridine rings is 1. The van der Waals surface area contributed by atoms with Crippen LogP contribution in [0.2, 0.25) is 0 Å². The first-order valence-electron chi connectivity index (χ1n) is 7.52. The molecule has 1 aromatic heterocycles. The van der Waals surface area contributed by atoms with Gasteiger partial charge in [0.1, 0.15) is 5.75 Å². The van der Waals surface area contributed by atoms with Gasteiger partial charge in [-0.1, -0.05) is 18.2 Å². The molecule has 0 atom stereocenters. The number of H-pyrrole nitrogens is 1. The molecule has 0 bridgehead atoms. The van der Waals surface area contributed by atoms with Crippen molar-refractivity contribution in [1.29, 1.82) is 0 Å². The predicted molar refractivity (Wildman–Crippen MR) is 105 cm³/mol. The van der Waals surface area contributed by atoms with Gasteiger partial charge in [0, 0.05) is 11.2 Å². The summed E-state index contributed by atoms with van der Waals surface area (Å²) in [5.41, 5.74) is 4.51. The molecule has 0 radical (unpaired) electrons. The summed E-state index contributed by atoms with van der Waals surface area (Å²) in [4.78, 5) is 14.8. The molecule has 7 heteroatoms. The highest BCUT2D eigenvalue weighted by Gasteiger charge is 2.01. The van der Waals surface area contributed by atoms with E-state index in [0.717, 1.165) is 22.3 Å². The minimum absolute atomic E-state index is 0.210. The number of ether oxygens (including phenoxy) is 1. The summed E-state index contributed by atoms with van der Waals surface area (Å²) in [6, 6.07) is 16.7. The van der Waals surface area contributed by atoms with Gasteiger partial charge in [-0.25, -0.2) is 0 Å². The van der Waals surface area contributed by atoms with E-state index in [4.69, 9.17) is 17.0 Å². The SMILES string of the molecule is COc1ccc(NC(=S)N/N=C/c2cc3ccccc3[nH]c2=O)cc1. The lowest BCUT2D eigenvalue weighted by Gasteiger charge is -2.07. The number of para-hydroxylation sites is 1. The Hall–Kier alpha value is -3.19. The molecule has 1 heterocycles. The smallest absolute Gasteiger partial charge is 0.257 e. The van der Waals surface area contributed by atoms with E-state index in [2.05, 4.69) is 20.8 Å². The molecule has 0 fully saturated rings. The third-order valence-corrected chi connectivity index (χ3v) is 3.69. The van der Waals surface area contributed by atoms with Gasteiger partial charge in [0.15, 0.2) is 5.11 Å². The average molecular weight is 352 g/mol. The van der Waals surface area contributed by atoms with E-state index in [9.17, 15) is 4.79 Å². The monoisotopic (exact) mass is 352 g/mol. The van der Waals surface area contributed by atoms with Gasteiger partial charge in [0.2, 0.25) is 0 Å². The van der Waals surface area contributed by atoms with Gasteiger partial charge in [0.05, 0.1) is 18.9 Å². The second kappa shape index (κ2) is 7.59. The molecular formula is C18H16N4O2S. The van der Waals surface area contributed by atoms with Crippen molar-refractivity contribution in [2.24, 2.45) is 5.10 Å². The molecular weight excluding hydrogens is 336 g/mol. The molecule has 6 nitrogen and oxygen atoms in total. The Morgan fingerprint density at radius 3 is 2.72 bits per heavy atom. The lowest BCUT2D eigenvalue weighted by Crippen LogP contribution is -2.24. The molecule has 3 aromatic rings. The van der Waals surface area contributed by atoms with Crippen LogP contribution in [0.1, 0.15) is 5.56 Å². The van der Waals surface area contributed by atoms with Crippen molar-refractivity contribution in [2.75, 3.05) is 12.4 Å². The Bertz CT molecular complexity index is 980. The fourth-order valence-corrected chi connectivity index (χ4v) is 2.42. The number of benzene rings is 2. The first-order valence-corrected chi connectivity index (χ1v) is 7.93. The van der Waals surface area contributed by atoms with Gasteiger partial charge in [-0.05, 0) is 54.0 Å². The van der Waals surface area contributed by atoms with Gasteiger partial charge in [-0.15, -0.1) is 0 Å². The number of nitrogens with one attached hydrogen (secondary N) is 3. The first kappa shape index (κ1) is 16.7. The van der Waals surface area contributed by atoms with E-state index in [1.54, 1.807) is 13.2 Å². The Morgan fingerprint density at radius 2 is 1.96 bits per heavy atom. The number of nitrogens with zero attached hydrogens (tertiary/aromatic N) is 1. The largest absolute Gasteiger partial charge is 0.497 e. The summed E-state index contributed by atoms with van der Waals surface area (Å²) in [7, 11) is 1.61. The van der Waals surface area contributed by atoms with Crippen LogP contribution in [0.15, 0.2) is 64.5 Å². The standard InChI is InChI=1S/C18H16N4O2S/c1-24-15-8-6-14(7-9-15)20-18(25)22-19-11-13-10-12-4-2-3-5-16(12)21-17(13)23/h2-11H,1H3,(H,21,23)(H2,20,22,25)/b19-11+. The maximum Gasteiger partial charge on any atom is 0.257 e. The van der Waals surface area contributed by atoms with Gasteiger partial charge in [0.25, 0.3) is 5.56 Å². The Balaban J connectivity index is 1.65. The Labute approximate surface area is 149 Å². The van der Waals surface area contributed by atoms with Crippen LogP contribution in [-0.4, -0.2) is 23.4 Å². The molecule has 126 valence electrons. The van der Waals surface area contributed by atoms with Crippen molar-refractivity contribution in [1.82, 2.24) is 10.4 Å². The van der Waals surface area contributed by atoms with Gasteiger partial charge in [-0.3, -0.25) is 10.2 Å². The number of aromatic amines is 1. The van der Waals surface area contributed by atoms with Gasteiger partial charge >= 0.3 is 0 Å². The summed E-state index contributed by atoms with van der Waals surface area (Å²) in [5, 5.41) is 8.26. The third kappa shape index (κ3) is 4.21. The number of hydrazone groups is 1. The van der Waals surface area contributed by atoms with Crippen LogP contribution in [0.25, 0.3) is 10.9 Å². The van der Waals surface area contributed by atoms with Crippen LogP contribution >= 0.6 is 12.2 Å². The minimum Gasteiger partial charge on any atom is -0.497 e. The molecule has 0 aliphatic carbocycles. The van der Waals surface area contributed by atoms with E-state index in [-0.39, 0.29) is 5.56 Å². The molecule has 0 saturated carbocycles. The van der Waals surface area contributed by atoms with E-state index in [1.807, 2.05) is 48.5 Å². The van der Waals surface area contributed by atoms with E-state index in [1.165, 1.54) is 6.21 Å². The topological polar surface area (TPSA) is 78.5 Å². The lowest BCUT2D eigenvalue weighted by atomic mass is 10.2. The molecule has 3 rings (SSSR count). The summed E-state index contributed by atoms with van der Waals surface area (Å²) in [6.07, 6.45) is 1.44. The van der Waals surface area contributed by atoms with Crippen molar-refractivity contribution in [3.8, 4) is 5.75 Å². The van der Waals surface area contributed by atoms with Crippen molar-refractivity contribution >= 4 is 40.1 Å². The van der Waals surface area contributed by atoms with Crippen LogP contribution in [0.3, 0.4) is 0 Å². The molecule has 2 aromatic carbocycles. The normalized spacial score (nSPS) is 10.8. The molecule has 3 N–H and O–H groups in total. The van der Waals surface area contributed by atoms with Crippen molar-refractivity contribution in [2.45, 2.75) is 0 Å². The molecule has 0 unspecified atom stereocenters. The van der Waals surface area contributed by atoms with E-state index in [0.29, 0.717) is 10.7 Å². The molecule has 0 amide bonds. The van der Waals surface area contributed by atoms with Gasteiger partial charge in [-0.2, -0.15) is 5.10 Å². The second-order valence-electron chi connectivity index (χ2n) is 5.19. The number of anilines is 1. The Morgan fingerprint density at radius 1 is 1.20 bits per heavy atom. The second-order valence-corrected chi connectivity index (χ2v) is 5.60. The number of fused-ring (bicyclic) bond motifs is 1. The van der Waals surface area contributed by atoms with Crippen LogP contribution < -0.4 is 21.0 Å². The van der Waals surface area contributed by atoms with Crippen LogP contribution in [-0.2, 0) is 0 Å². The summed E-state index contributed by atoms with van der Waals surface area (Å²) >= 11 is 5.17. The van der Waals surface area contributed by atoms with E-state index >= 15 is 0 Å². The maximum atomic E-state index is 12.0. The van der Waals surface area contributed by atoms with Crippen molar-refractivity contribution < 1.29 is 4.74 Å². The van der Waals surface area contributed by atoms with Crippen molar-refractivity contribution in [3.63, 3.8) is 0 Å². The van der Waals surface area contributed by atoms with Gasteiger partial charge < -0.3 is 15.0 Å². The summed E-state index contributed by atoms with van der Waals surface area (Å²) in [6.45, 7) is 0. The number of methoxy groups -OCH3 is 1. The maximum absolute atomic E-state index is 12.0. The number of hydrogen-bond acceptors (Lipinski definition) is 4. The molecule has 25 heavy (non-hydrogen) atoms. The highest BCUT2D eigenvalue weighted by atomic mass is 32.1. The highest BCUT2D eigenvalue weighted by Crippen LogP contribution is 2.14.